The van der Waals surface area contributed by atoms with Crippen LogP contribution >= 0.6 is 11.8 Å². The number of aromatic nitrogens is 1. The van der Waals surface area contributed by atoms with Crippen molar-refractivity contribution in [3.8, 4) is 11.6 Å². The maximum atomic E-state index is 13.0. The van der Waals surface area contributed by atoms with E-state index in [0.29, 0.717) is 5.75 Å². The zero-order valence-corrected chi connectivity index (χ0v) is 14.3. The Balaban J connectivity index is 0.000000593. The highest BCUT2D eigenvalue weighted by molar-refractivity contribution is 7.98. The van der Waals surface area contributed by atoms with Crippen LogP contribution in [0.1, 0.15) is 37.0 Å². The van der Waals surface area contributed by atoms with Gasteiger partial charge in [-0.3, -0.25) is 4.79 Å². The number of primary amides is 1. The average molecular weight is 336 g/mol. The van der Waals surface area contributed by atoms with E-state index in [1.165, 1.54) is 12.8 Å². The van der Waals surface area contributed by atoms with Crippen molar-refractivity contribution in [3.63, 3.8) is 0 Å². The number of hydrogen-bond donors (Lipinski definition) is 1. The first-order valence-electron chi connectivity index (χ1n) is 7.29. The van der Waals surface area contributed by atoms with Crippen molar-refractivity contribution >= 4 is 17.7 Å². The van der Waals surface area contributed by atoms with Crippen LogP contribution in [0.5, 0.6) is 11.6 Å². The smallest absolute Gasteiger partial charge is 0.254 e. The summed E-state index contributed by atoms with van der Waals surface area (Å²) in [5.74, 6) is -0.928. The van der Waals surface area contributed by atoms with Crippen molar-refractivity contribution < 1.29 is 13.9 Å². The van der Waals surface area contributed by atoms with E-state index in [0.717, 1.165) is 17.2 Å². The molecule has 0 aliphatic rings. The molecule has 2 aromatic rings. The topological polar surface area (TPSA) is 65.2 Å². The van der Waals surface area contributed by atoms with E-state index in [4.69, 9.17) is 10.5 Å². The fourth-order valence-corrected chi connectivity index (χ4v) is 1.91. The molecule has 0 saturated heterocycles. The van der Waals surface area contributed by atoms with Gasteiger partial charge in [0.15, 0.2) is 0 Å². The standard InChI is InChI=1S/C13H11FN2O2S.C4H10/c1-19-10-4-2-3-9(6-10)18-13-11(12(15)17)5-8(14)7-16-13;1-3-4-2/h2-7H,1H3,(H2,15,17);3-4H2,1-2H3. The summed E-state index contributed by atoms with van der Waals surface area (Å²) in [6.07, 6.45) is 5.55. The number of ether oxygens (including phenoxy) is 1. The van der Waals surface area contributed by atoms with Gasteiger partial charge in [0.05, 0.1) is 6.20 Å². The second-order valence-electron chi connectivity index (χ2n) is 4.65. The lowest BCUT2D eigenvalue weighted by molar-refractivity contribution is 0.0997. The van der Waals surface area contributed by atoms with E-state index in [9.17, 15) is 9.18 Å². The number of thioether (sulfide) groups is 1. The molecule has 0 unspecified atom stereocenters. The highest BCUT2D eigenvalue weighted by Crippen LogP contribution is 2.26. The summed E-state index contributed by atoms with van der Waals surface area (Å²) >= 11 is 1.55. The van der Waals surface area contributed by atoms with Crippen LogP contribution in [-0.2, 0) is 0 Å². The predicted molar refractivity (Wildman–Crippen MR) is 91.6 cm³/mol. The summed E-state index contributed by atoms with van der Waals surface area (Å²) in [5.41, 5.74) is 5.08. The van der Waals surface area contributed by atoms with Crippen molar-refractivity contribution in [2.75, 3.05) is 6.26 Å². The van der Waals surface area contributed by atoms with Crippen LogP contribution in [0.15, 0.2) is 41.4 Å². The van der Waals surface area contributed by atoms with Crippen LogP contribution in [-0.4, -0.2) is 17.1 Å². The lowest BCUT2D eigenvalue weighted by atomic mass is 10.2. The molecule has 1 amide bonds. The largest absolute Gasteiger partial charge is 0.438 e. The summed E-state index contributed by atoms with van der Waals surface area (Å²) in [4.78, 5) is 16.0. The monoisotopic (exact) mass is 336 g/mol. The average Bonchev–Trinajstić information content (AvgIpc) is 2.56. The fraction of sp³-hybridized carbons (Fsp3) is 0.294. The quantitative estimate of drug-likeness (QED) is 0.808. The third-order valence-electron chi connectivity index (χ3n) is 2.84. The minimum atomic E-state index is -0.789. The molecule has 1 aromatic heterocycles. The molecule has 0 saturated carbocycles. The first-order valence-corrected chi connectivity index (χ1v) is 8.51. The zero-order chi connectivity index (χ0) is 17.2. The molecular weight excluding hydrogens is 315 g/mol. The number of amides is 1. The number of carbonyl (C=O) groups is 1. The molecule has 23 heavy (non-hydrogen) atoms. The third-order valence-corrected chi connectivity index (χ3v) is 3.56. The molecule has 0 atom stereocenters. The van der Waals surface area contributed by atoms with Crippen molar-refractivity contribution in [1.29, 1.82) is 0 Å². The Morgan fingerprint density at radius 2 is 2.00 bits per heavy atom. The minimum absolute atomic E-state index is 0.00727. The molecule has 0 aliphatic carbocycles. The number of rotatable bonds is 5. The Kier molecular flexibility index (Phi) is 8.11. The Bertz CT molecular complexity index is 648. The van der Waals surface area contributed by atoms with Crippen LogP contribution in [0.4, 0.5) is 4.39 Å². The van der Waals surface area contributed by atoms with Crippen molar-refractivity contribution in [1.82, 2.24) is 4.98 Å². The van der Waals surface area contributed by atoms with E-state index in [-0.39, 0.29) is 11.4 Å². The summed E-state index contributed by atoms with van der Waals surface area (Å²) in [6, 6.07) is 8.25. The van der Waals surface area contributed by atoms with Gasteiger partial charge >= 0.3 is 0 Å². The number of benzene rings is 1. The van der Waals surface area contributed by atoms with Gasteiger partial charge in [-0.1, -0.05) is 32.8 Å². The SMILES string of the molecule is CCCC.CSc1cccc(Oc2ncc(F)cc2C(N)=O)c1. The molecule has 1 heterocycles. The van der Waals surface area contributed by atoms with Gasteiger partial charge in [0, 0.05) is 4.90 Å². The number of pyridine rings is 1. The van der Waals surface area contributed by atoms with Gasteiger partial charge in [0.2, 0.25) is 5.88 Å². The molecule has 0 fully saturated rings. The summed E-state index contributed by atoms with van der Waals surface area (Å²) < 4.78 is 18.5. The van der Waals surface area contributed by atoms with Crippen molar-refractivity contribution in [2.45, 2.75) is 31.6 Å². The molecular formula is C17H21FN2O2S. The lowest BCUT2D eigenvalue weighted by Gasteiger charge is -2.08. The maximum absolute atomic E-state index is 13.0. The highest BCUT2D eigenvalue weighted by atomic mass is 32.2. The fourth-order valence-electron chi connectivity index (χ4n) is 1.46. The van der Waals surface area contributed by atoms with Crippen LogP contribution in [0, 0.1) is 5.82 Å². The normalized spacial score (nSPS) is 9.74. The van der Waals surface area contributed by atoms with Gasteiger partial charge in [-0.25, -0.2) is 9.37 Å². The van der Waals surface area contributed by atoms with Crippen LogP contribution < -0.4 is 10.5 Å². The van der Waals surface area contributed by atoms with E-state index in [2.05, 4.69) is 18.8 Å². The second-order valence-corrected chi connectivity index (χ2v) is 5.53. The third kappa shape index (κ3) is 6.28. The minimum Gasteiger partial charge on any atom is -0.438 e. The second kappa shape index (κ2) is 9.84. The lowest BCUT2D eigenvalue weighted by Crippen LogP contribution is -2.13. The molecule has 4 nitrogen and oxygen atoms in total. The van der Waals surface area contributed by atoms with Gasteiger partial charge in [0.25, 0.3) is 5.91 Å². The number of nitrogens with two attached hydrogens (primary N) is 1. The molecule has 124 valence electrons. The Hall–Kier alpha value is -2.08. The van der Waals surface area contributed by atoms with E-state index < -0.39 is 11.7 Å². The number of unbranched alkanes of at least 4 members (excludes halogenated alkanes) is 1. The summed E-state index contributed by atoms with van der Waals surface area (Å²) in [6.45, 7) is 4.36. The molecule has 2 N–H and O–H groups in total. The molecule has 2 rings (SSSR count). The Morgan fingerprint density at radius 3 is 2.57 bits per heavy atom. The molecule has 0 aliphatic heterocycles. The molecule has 0 bridgehead atoms. The number of hydrogen-bond acceptors (Lipinski definition) is 4. The first-order chi connectivity index (χ1) is 11.0. The molecule has 1 aromatic carbocycles. The maximum Gasteiger partial charge on any atom is 0.254 e. The van der Waals surface area contributed by atoms with Gasteiger partial charge in [0.1, 0.15) is 17.1 Å². The van der Waals surface area contributed by atoms with Gasteiger partial charge in [-0.15, -0.1) is 11.8 Å². The van der Waals surface area contributed by atoms with Gasteiger partial charge in [-0.05, 0) is 30.5 Å². The van der Waals surface area contributed by atoms with Crippen LogP contribution in [0.25, 0.3) is 0 Å². The van der Waals surface area contributed by atoms with E-state index in [1.54, 1.807) is 23.9 Å². The number of carbonyl (C=O) groups excluding carboxylic acids is 1. The summed E-state index contributed by atoms with van der Waals surface area (Å²) in [7, 11) is 0. The van der Waals surface area contributed by atoms with Gasteiger partial charge < -0.3 is 10.5 Å². The van der Waals surface area contributed by atoms with Crippen molar-refractivity contribution in [3.05, 3.63) is 47.9 Å². The van der Waals surface area contributed by atoms with Crippen LogP contribution in [0.3, 0.4) is 0 Å². The van der Waals surface area contributed by atoms with Gasteiger partial charge in [-0.2, -0.15) is 0 Å². The summed E-state index contributed by atoms with van der Waals surface area (Å²) in [5, 5.41) is 0. The number of nitrogens with zero attached hydrogens (tertiary/aromatic N) is 1. The predicted octanol–water partition coefficient (Wildman–Crippen LogP) is 4.64. The molecule has 0 radical (unpaired) electrons. The molecule has 6 heteroatoms. The Morgan fingerprint density at radius 1 is 1.30 bits per heavy atom. The van der Waals surface area contributed by atoms with E-state index >= 15 is 0 Å². The zero-order valence-electron chi connectivity index (χ0n) is 13.5. The highest BCUT2D eigenvalue weighted by Gasteiger charge is 2.13. The number of halogens is 1. The molecule has 0 spiro atoms. The first kappa shape index (κ1) is 19.0. The van der Waals surface area contributed by atoms with E-state index in [1.807, 2.05) is 18.4 Å². The van der Waals surface area contributed by atoms with Crippen LogP contribution in [0.2, 0.25) is 0 Å². The Labute approximate surface area is 140 Å². The van der Waals surface area contributed by atoms with Crippen molar-refractivity contribution in [2.24, 2.45) is 5.73 Å².